The zero-order valence-electron chi connectivity index (χ0n) is 25.4. The number of amides is 1. The zero-order valence-corrected chi connectivity index (χ0v) is 26.2. The predicted octanol–water partition coefficient (Wildman–Crippen LogP) is 9.36. The summed E-state index contributed by atoms with van der Waals surface area (Å²) in [5, 5.41) is 2.71. The highest BCUT2D eigenvalue weighted by atomic mass is 35.5. The van der Waals surface area contributed by atoms with Gasteiger partial charge < -0.3 is 10.2 Å². The van der Waals surface area contributed by atoms with Crippen LogP contribution < -0.4 is 10.2 Å². The molecule has 218 valence electrons. The van der Waals surface area contributed by atoms with Gasteiger partial charge in [0.1, 0.15) is 0 Å². The molecular weight excluding hydrogens is 514 g/mol. The van der Waals surface area contributed by atoms with E-state index in [4.69, 9.17) is 11.6 Å². The van der Waals surface area contributed by atoms with Crippen LogP contribution in [0, 0.1) is 5.41 Å². The summed E-state index contributed by atoms with van der Waals surface area (Å²) in [6.45, 7) is 16.2. The Morgan fingerprint density at radius 3 is 2.23 bits per heavy atom. The van der Waals surface area contributed by atoms with Crippen molar-refractivity contribution in [1.82, 2.24) is 0 Å². The maximum atomic E-state index is 13.3. The number of benzene rings is 2. The van der Waals surface area contributed by atoms with Crippen molar-refractivity contribution in [3.05, 3.63) is 58.7 Å². The summed E-state index contributed by atoms with van der Waals surface area (Å²) in [7, 11) is 2.15. The Bertz CT molecular complexity index is 1090. The molecule has 3 nitrogen and oxygen atoms in total. The second kappa shape index (κ2) is 13.5. The zero-order chi connectivity index (χ0) is 29.6. The molecule has 1 N–H and O–H groups in total. The number of rotatable bonds is 7. The fourth-order valence-electron chi connectivity index (χ4n) is 5.27. The second-order valence-corrected chi connectivity index (χ2v) is 13.1. The van der Waals surface area contributed by atoms with Crippen LogP contribution >= 0.6 is 11.6 Å². The molecule has 2 aliphatic rings. The molecule has 1 fully saturated rings. The van der Waals surface area contributed by atoms with Gasteiger partial charge in [0.05, 0.1) is 0 Å². The molecule has 2 aromatic carbocycles. The van der Waals surface area contributed by atoms with Crippen molar-refractivity contribution in [3.63, 3.8) is 0 Å². The van der Waals surface area contributed by atoms with E-state index in [0.717, 1.165) is 48.9 Å². The van der Waals surface area contributed by atoms with Crippen LogP contribution in [0.15, 0.2) is 36.4 Å². The number of carbonyl (C=O) groups excluding carboxylic acids is 1. The lowest BCUT2D eigenvalue weighted by Gasteiger charge is -2.34. The van der Waals surface area contributed by atoms with Crippen LogP contribution in [-0.4, -0.2) is 31.3 Å². The Morgan fingerprint density at radius 2 is 1.74 bits per heavy atom. The third-order valence-corrected chi connectivity index (χ3v) is 8.05. The Balaban J connectivity index is 0.000000250. The van der Waals surface area contributed by atoms with Crippen LogP contribution in [0.5, 0.6) is 0 Å². The van der Waals surface area contributed by atoms with Crippen molar-refractivity contribution in [2.45, 2.75) is 111 Å². The Kier molecular flexibility index (Phi) is 11.4. The van der Waals surface area contributed by atoms with Gasteiger partial charge in [-0.15, -0.1) is 11.6 Å². The number of halogens is 3. The minimum Gasteiger partial charge on any atom is -0.371 e. The quantitative estimate of drug-likeness (QED) is 0.269. The first-order chi connectivity index (χ1) is 18.1. The summed E-state index contributed by atoms with van der Waals surface area (Å²) < 4.78 is 26.6. The van der Waals surface area contributed by atoms with Crippen LogP contribution in [0.4, 0.5) is 20.2 Å². The van der Waals surface area contributed by atoms with Gasteiger partial charge in [0, 0.05) is 36.8 Å². The molecule has 1 amide bonds. The molecule has 4 rings (SSSR count). The van der Waals surface area contributed by atoms with E-state index in [2.05, 4.69) is 83.1 Å². The van der Waals surface area contributed by atoms with Crippen LogP contribution in [0.2, 0.25) is 0 Å². The van der Waals surface area contributed by atoms with Gasteiger partial charge in [-0.05, 0) is 89.8 Å². The van der Waals surface area contributed by atoms with E-state index in [-0.39, 0.29) is 11.8 Å². The highest BCUT2D eigenvalue weighted by Gasteiger charge is 2.39. The summed E-state index contributed by atoms with van der Waals surface area (Å²) in [6.07, 6.45) is 5.05. The summed E-state index contributed by atoms with van der Waals surface area (Å²) >= 11 is 5.00. The molecule has 0 bridgehead atoms. The molecular formula is C33H49ClF2N2O. The smallest absolute Gasteiger partial charge is 0.249 e. The number of likely N-dealkylation sites (N-methyl/N-ethyl adjacent to an activating group) is 1. The fourth-order valence-corrected chi connectivity index (χ4v) is 5.27. The predicted molar refractivity (Wildman–Crippen MR) is 164 cm³/mol. The highest BCUT2D eigenvalue weighted by Crippen LogP contribution is 2.48. The number of hydrogen-bond donors (Lipinski definition) is 1. The molecule has 0 saturated heterocycles. The largest absolute Gasteiger partial charge is 0.371 e. The average Bonchev–Trinajstić information content (AvgIpc) is 3.50. The van der Waals surface area contributed by atoms with E-state index in [0.29, 0.717) is 17.4 Å². The van der Waals surface area contributed by atoms with E-state index in [1.807, 2.05) is 19.1 Å². The molecule has 0 aromatic heterocycles. The summed E-state index contributed by atoms with van der Waals surface area (Å²) in [5.41, 5.74) is 7.29. The third-order valence-electron chi connectivity index (χ3n) is 8.05. The molecule has 1 saturated carbocycles. The fraction of sp³-hybridized carbons (Fsp3) is 0.606. The van der Waals surface area contributed by atoms with Crippen LogP contribution in [-0.2, 0) is 23.1 Å². The minimum atomic E-state index is -2.63. The number of fused-ring (bicyclic) bond motifs is 1. The van der Waals surface area contributed by atoms with E-state index in [1.165, 1.54) is 29.7 Å². The van der Waals surface area contributed by atoms with Crippen molar-refractivity contribution in [1.29, 1.82) is 0 Å². The molecule has 0 spiro atoms. The lowest BCUT2D eigenvalue weighted by molar-refractivity contribution is -0.105. The molecule has 2 atom stereocenters. The monoisotopic (exact) mass is 562 g/mol. The Labute approximate surface area is 240 Å². The number of carbonyl (C=O) groups is 1. The number of hydrogen-bond acceptors (Lipinski definition) is 2. The number of alkyl halides is 3. The number of nitrogens with one attached hydrogen (secondary N) is 1. The van der Waals surface area contributed by atoms with E-state index < -0.39 is 5.92 Å². The Morgan fingerprint density at radius 1 is 1.13 bits per heavy atom. The first-order valence-corrected chi connectivity index (χ1v) is 14.8. The molecule has 1 aliphatic heterocycles. The first-order valence-electron chi connectivity index (χ1n) is 14.2. The topological polar surface area (TPSA) is 32.3 Å². The van der Waals surface area contributed by atoms with Gasteiger partial charge in [0.25, 0.3) is 0 Å². The summed E-state index contributed by atoms with van der Waals surface area (Å²) in [5.74, 6) is -1.56. The lowest BCUT2D eigenvalue weighted by Crippen LogP contribution is -2.39. The van der Waals surface area contributed by atoms with Gasteiger partial charge in [-0.3, -0.25) is 4.79 Å². The van der Waals surface area contributed by atoms with Crippen molar-refractivity contribution in [3.8, 4) is 0 Å². The number of nitrogens with zero attached hydrogens (tertiary/aromatic N) is 1. The van der Waals surface area contributed by atoms with E-state index in [9.17, 15) is 13.6 Å². The van der Waals surface area contributed by atoms with Gasteiger partial charge in [-0.25, -0.2) is 8.78 Å². The van der Waals surface area contributed by atoms with Gasteiger partial charge in [0.15, 0.2) is 0 Å². The van der Waals surface area contributed by atoms with Crippen LogP contribution in [0.3, 0.4) is 0 Å². The molecule has 39 heavy (non-hydrogen) atoms. The average molecular weight is 563 g/mol. The molecule has 1 aliphatic carbocycles. The van der Waals surface area contributed by atoms with Gasteiger partial charge >= 0.3 is 0 Å². The van der Waals surface area contributed by atoms with Gasteiger partial charge in [-0.2, -0.15) is 0 Å². The molecule has 1 heterocycles. The van der Waals surface area contributed by atoms with Gasteiger partial charge in [-0.1, -0.05) is 66.7 Å². The minimum absolute atomic E-state index is 0.149. The lowest BCUT2D eigenvalue weighted by atomic mass is 9.84. The standard InChI is InChI=1S/C17H24F2.C14H20N2O.C2H5Cl/c1-5-12(2)15-10-14(16(3)8-9-16)7-6-13(15)11-17(4,18)19;1-14(2,3)13-8-10-7-11(15-9-17)5-6-12(10)16(13)4;1-2-3/h6-7,10,12H,5,8-9,11H2,1-4H3;5-7,9,13H,8H2,1-4H3,(H,15,17);2H2,1H3. The maximum Gasteiger partial charge on any atom is 0.249 e. The highest BCUT2D eigenvalue weighted by molar-refractivity contribution is 6.17. The Hall–Kier alpha value is -2.14. The van der Waals surface area contributed by atoms with Crippen molar-refractivity contribution in [2.75, 3.05) is 23.1 Å². The first kappa shape index (κ1) is 33.1. The van der Waals surface area contributed by atoms with Crippen molar-refractivity contribution in [2.24, 2.45) is 5.41 Å². The van der Waals surface area contributed by atoms with Crippen LogP contribution in [0.25, 0.3) is 0 Å². The molecule has 2 unspecified atom stereocenters. The van der Waals surface area contributed by atoms with Crippen molar-refractivity contribution < 1.29 is 13.6 Å². The van der Waals surface area contributed by atoms with Crippen LogP contribution in [0.1, 0.15) is 103 Å². The summed E-state index contributed by atoms with van der Waals surface area (Å²) in [6, 6.07) is 12.8. The SMILES string of the molecule is CCC(C)c1cc(C2(C)CC2)ccc1CC(C)(F)F.CCCl.CN1c2ccc(NC=O)cc2CC1C(C)(C)C. The third kappa shape index (κ3) is 9.20. The van der Waals surface area contributed by atoms with Crippen molar-refractivity contribution >= 4 is 29.4 Å². The molecule has 0 radical (unpaired) electrons. The maximum absolute atomic E-state index is 13.3. The summed E-state index contributed by atoms with van der Waals surface area (Å²) in [4.78, 5) is 12.8. The second-order valence-electron chi connectivity index (χ2n) is 12.6. The number of anilines is 2. The van der Waals surface area contributed by atoms with Gasteiger partial charge in [0.2, 0.25) is 12.3 Å². The molecule has 6 heteroatoms. The van der Waals surface area contributed by atoms with E-state index >= 15 is 0 Å². The molecule has 2 aromatic rings. The van der Waals surface area contributed by atoms with E-state index in [1.54, 1.807) is 0 Å². The normalized spacial score (nSPS) is 18.2.